The molecular formula is C23H28ClN5OS. The number of thioether (sulfide) groups is 1. The fourth-order valence-electron chi connectivity index (χ4n) is 3.12. The zero-order valence-electron chi connectivity index (χ0n) is 18.1. The van der Waals surface area contributed by atoms with Crippen LogP contribution in [0.1, 0.15) is 42.3 Å². The van der Waals surface area contributed by atoms with E-state index in [0.29, 0.717) is 17.4 Å². The van der Waals surface area contributed by atoms with Crippen LogP contribution in [0.3, 0.4) is 0 Å². The third-order valence-corrected chi connectivity index (χ3v) is 6.02. The van der Waals surface area contributed by atoms with Crippen molar-refractivity contribution in [2.45, 2.75) is 51.1 Å². The molecule has 2 aromatic carbocycles. The minimum atomic E-state index is -0.209. The number of halogens is 1. The Morgan fingerprint density at radius 2 is 1.97 bits per heavy atom. The van der Waals surface area contributed by atoms with Crippen LogP contribution < -0.4 is 10.6 Å². The molecule has 2 amide bonds. The van der Waals surface area contributed by atoms with E-state index in [-0.39, 0.29) is 12.6 Å². The number of urea groups is 1. The first-order valence-corrected chi connectivity index (χ1v) is 11.7. The van der Waals surface area contributed by atoms with Crippen molar-refractivity contribution < 1.29 is 4.79 Å². The molecule has 0 bridgehead atoms. The lowest BCUT2D eigenvalue weighted by Gasteiger charge is -2.14. The van der Waals surface area contributed by atoms with Gasteiger partial charge in [0.25, 0.3) is 0 Å². The highest BCUT2D eigenvalue weighted by molar-refractivity contribution is 7.98. The molecule has 0 fully saturated rings. The minimum absolute atomic E-state index is 0.209. The summed E-state index contributed by atoms with van der Waals surface area (Å²) in [6, 6.07) is 14.0. The van der Waals surface area contributed by atoms with Gasteiger partial charge in [-0.3, -0.25) is 4.57 Å². The molecule has 3 rings (SSSR count). The molecular weight excluding hydrogens is 430 g/mol. The molecule has 0 aliphatic carbocycles. The summed E-state index contributed by atoms with van der Waals surface area (Å²) in [5, 5.41) is 15.9. The van der Waals surface area contributed by atoms with Crippen molar-refractivity contribution in [3.8, 4) is 5.69 Å². The fourth-order valence-corrected chi connectivity index (χ4v) is 4.20. The van der Waals surface area contributed by atoms with E-state index in [2.05, 4.69) is 58.9 Å². The SMILES string of the molecule is CCCCNC(=O)NCc1nnc(SCc2cccc(C)c2)n1-c1cc(Cl)ccc1C. The second kappa shape index (κ2) is 11.2. The molecule has 1 aromatic heterocycles. The van der Waals surface area contributed by atoms with Crippen LogP contribution in [0.2, 0.25) is 5.02 Å². The number of hydrogen-bond donors (Lipinski definition) is 2. The topological polar surface area (TPSA) is 71.8 Å². The highest BCUT2D eigenvalue weighted by Gasteiger charge is 2.17. The lowest BCUT2D eigenvalue weighted by atomic mass is 10.2. The predicted octanol–water partition coefficient (Wildman–Crippen LogP) is 5.43. The zero-order chi connectivity index (χ0) is 22.2. The van der Waals surface area contributed by atoms with Crippen LogP contribution in [-0.2, 0) is 12.3 Å². The molecule has 6 nitrogen and oxygen atoms in total. The summed E-state index contributed by atoms with van der Waals surface area (Å²) < 4.78 is 1.98. The number of amides is 2. The van der Waals surface area contributed by atoms with E-state index >= 15 is 0 Å². The van der Waals surface area contributed by atoms with E-state index in [1.807, 2.05) is 29.7 Å². The maximum atomic E-state index is 12.1. The standard InChI is InChI=1S/C23H28ClN5OS/c1-4-5-11-25-22(30)26-14-21-27-28-23(31-15-18-8-6-7-16(2)12-18)29(21)20-13-19(24)10-9-17(20)3/h6-10,12-13H,4-5,11,14-15H2,1-3H3,(H2,25,26,30). The van der Waals surface area contributed by atoms with Gasteiger partial charge in [0.05, 0.1) is 12.2 Å². The van der Waals surface area contributed by atoms with Gasteiger partial charge in [-0.1, -0.05) is 72.6 Å². The normalized spacial score (nSPS) is 10.8. The molecule has 164 valence electrons. The van der Waals surface area contributed by atoms with Gasteiger partial charge in [0.15, 0.2) is 11.0 Å². The maximum absolute atomic E-state index is 12.1. The molecule has 0 atom stereocenters. The Hall–Kier alpha value is -2.51. The predicted molar refractivity (Wildman–Crippen MR) is 127 cm³/mol. The van der Waals surface area contributed by atoms with Crippen LogP contribution in [0, 0.1) is 13.8 Å². The van der Waals surface area contributed by atoms with Gasteiger partial charge in [-0.15, -0.1) is 10.2 Å². The van der Waals surface area contributed by atoms with Crippen molar-refractivity contribution in [1.82, 2.24) is 25.4 Å². The molecule has 8 heteroatoms. The van der Waals surface area contributed by atoms with Gasteiger partial charge in [0.2, 0.25) is 0 Å². The summed E-state index contributed by atoms with van der Waals surface area (Å²) >= 11 is 7.89. The maximum Gasteiger partial charge on any atom is 0.315 e. The van der Waals surface area contributed by atoms with E-state index < -0.39 is 0 Å². The smallest absolute Gasteiger partial charge is 0.315 e. The van der Waals surface area contributed by atoms with E-state index in [4.69, 9.17) is 11.6 Å². The third-order valence-electron chi connectivity index (χ3n) is 4.79. The van der Waals surface area contributed by atoms with Crippen molar-refractivity contribution in [3.63, 3.8) is 0 Å². The van der Waals surface area contributed by atoms with E-state index in [1.54, 1.807) is 11.8 Å². The highest BCUT2D eigenvalue weighted by atomic mass is 35.5. The van der Waals surface area contributed by atoms with E-state index in [0.717, 1.165) is 35.0 Å². The number of nitrogens with one attached hydrogen (secondary N) is 2. The molecule has 0 spiro atoms. The quantitative estimate of drug-likeness (QED) is 0.332. The highest BCUT2D eigenvalue weighted by Crippen LogP contribution is 2.28. The number of carbonyl (C=O) groups excluding carboxylic acids is 1. The summed E-state index contributed by atoms with van der Waals surface area (Å²) in [5.74, 6) is 1.42. The number of rotatable bonds is 9. The first kappa shape index (κ1) is 23.2. The van der Waals surface area contributed by atoms with Gasteiger partial charge in [-0.05, 0) is 43.5 Å². The molecule has 0 unspecified atom stereocenters. The molecule has 0 radical (unpaired) electrons. The molecule has 0 aliphatic heterocycles. The molecule has 31 heavy (non-hydrogen) atoms. The fraction of sp³-hybridized carbons (Fsp3) is 0.348. The third kappa shape index (κ3) is 6.48. The van der Waals surface area contributed by atoms with Crippen LogP contribution >= 0.6 is 23.4 Å². The molecule has 2 N–H and O–H groups in total. The van der Waals surface area contributed by atoms with Crippen molar-refractivity contribution in [1.29, 1.82) is 0 Å². The van der Waals surface area contributed by atoms with Gasteiger partial charge >= 0.3 is 6.03 Å². The molecule has 0 aliphatic rings. The molecule has 0 saturated carbocycles. The molecule has 0 saturated heterocycles. The second-order valence-corrected chi connectivity index (χ2v) is 8.78. The lowest BCUT2D eigenvalue weighted by Crippen LogP contribution is -2.36. The summed E-state index contributed by atoms with van der Waals surface area (Å²) in [4.78, 5) is 12.1. The Kier molecular flexibility index (Phi) is 8.37. The largest absolute Gasteiger partial charge is 0.338 e. The first-order chi connectivity index (χ1) is 15.0. The summed E-state index contributed by atoms with van der Waals surface area (Å²) in [6.07, 6.45) is 1.98. The summed E-state index contributed by atoms with van der Waals surface area (Å²) in [6.45, 7) is 7.12. The monoisotopic (exact) mass is 457 g/mol. The summed E-state index contributed by atoms with van der Waals surface area (Å²) in [5.41, 5.74) is 4.41. The number of unbranched alkanes of at least 4 members (excludes halogenated alkanes) is 1. The Labute approximate surface area is 192 Å². The molecule has 1 heterocycles. The average Bonchev–Trinajstić information content (AvgIpc) is 3.15. The number of aryl methyl sites for hydroxylation is 2. The summed E-state index contributed by atoms with van der Waals surface area (Å²) in [7, 11) is 0. The van der Waals surface area contributed by atoms with E-state index in [9.17, 15) is 4.79 Å². The van der Waals surface area contributed by atoms with Crippen molar-refractivity contribution in [3.05, 3.63) is 70.0 Å². The second-order valence-electron chi connectivity index (χ2n) is 7.41. The van der Waals surface area contributed by atoms with Crippen molar-refractivity contribution in [2.24, 2.45) is 0 Å². The number of carbonyl (C=O) groups is 1. The van der Waals surface area contributed by atoms with Gasteiger partial charge in [0, 0.05) is 17.3 Å². The van der Waals surface area contributed by atoms with E-state index in [1.165, 1.54) is 11.1 Å². The number of aromatic nitrogens is 3. The number of benzene rings is 2. The van der Waals surface area contributed by atoms with Crippen LogP contribution in [0.5, 0.6) is 0 Å². The Balaban J connectivity index is 1.83. The average molecular weight is 458 g/mol. The Morgan fingerprint density at radius 3 is 2.74 bits per heavy atom. The van der Waals surface area contributed by atoms with Crippen LogP contribution in [-0.4, -0.2) is 27.3 Å². The van der Waals surface area contributed by atoms with Gasteiger partial charge in [0.1, 0.15) is 0 Å². The van der Waals surface area contributed by atoms with Crippen molar-refractivity contribution in [2.75, 3.05) is 6.54 Å². The van der Waals surface area contributed by atoms with Gasteiger partial charge in [-0.25, -0.2) is 4.79 Å². The number of nitrogens with zero attached hydrogens (tertiary/aromatic N) is 3. The van der Waals surface area contributed by atoms with Gasteiger partial charge < -0.3 is 10.6 Å². The molecule has 3 aromatic rings. The first-order valence-electron chi connectivity index (χ1n) is 10.4. The van der Waals surface area contributed by atoms with Crippen LogP contribution in [0.15, 0.2) is 47.6 Å². The van der Waals surface area contributed by atoms with Crippen LogP contribution in [0.4, 0.5) is 4.79 Å². The minimum Gasteiger partial charge on any atom is -0.338 e. The number of hydrogen-bond acceptors (Lipinski definition) is 4. The van der Waals surface area contributed by atoms with Crippen molar-refractivity contribution >= 4 is 29.4 Å². The van der Waals surface area contributed by atoms with Gasteiger partial charge in [-0.2, -0.15) is 0 Å². The Bertz CT molecular complexity index is 1040. The van der Waals surface area contributed by atoms with Crippen LogP contribution in [0.25, 0.3) is 5.69 Å². The lowest BCUT2D eigenvalue weighted by molar-refractivity contribution is 0.240. The Morgan fingerprint density at radius 1 is 1.13 bits per heavy atom. The zero-order valence-corrected chi connectivity index (χ0v) is 19.7.